The first-order valence-corrected chi connectivity index (χ1v) is 4.16. The van der Waals surface area contributed by atoms with E-state index in [2.05, 4.69) is 10.9 Å². The van der Waals surface area contributed by atoms with Crippen LogP contribution in [0.2, 0.25) is 5.02 Å². The highest BCUT2D eigenvalue weighted by Gasteiger charge is 2.02. The SMILES string of the molecule is [C]#Cc1ccc(Cl)c2cccnc12. The second-order valence-electron chi connectivity index (χ2n) is 2.62. The van der Waals surface area contributed by atoms with E-state index >= 15 is 0 Å². The van der Waals surface area contributed by atoms with Crippen LogP contribution in [0.4, 0.5) is 0 Å². The van der Waals surface area contributed by atoms with Crippen LogP contribution in [-0.4, -0.2) is 4.98 Å². The van der Waals surface area contributed by atoms with Crippen LogP contribution in [0.25, 0.3) is 10.9 Å². The van der Waals surface area contributed by atoms with Gasteiger partial charge in [-0.1, -0.05) is 17.5 Å². The molecule has 0 unspecified atom stereocenters. The van der Waals surface area contributed by atoms with E-state index in [-0.39, 0.29) is 0 Å². The van der Waals surface area contributed by atoms with Crippen LogP contribution < -0.4 is 0 Å². The Morgan fingerprint density at radius 1 is 1.31 bits per heavy atom. The van der Waals surface area contributed by atoms with E-state index in [1.165, 1.54) is 0 Å². The fourth-order valence-corrected chi connectivity index (χ4v) is 1.45. The Morgan fingerprint density at radius 2 is 2.15 bits per heavy atom. The van der Waals surface area contributed by atoms with E-state index in [0.717, 1.165) is 10.9 Å². The minimum absolute atomic E-state index is 0.655. The Balaban J connectivity index is 2.95. The highest BCUT2D eigenvalue weighted by atomic mass is 35.5. The first-order chi connectivity index (χ1) is 6.33. The molecule has 0 bridgehead atoms. The topological polar surface area (TPSA) is 12.9 Å². The zero-order valence-electron chi connectivity index (χ0n) is 6.71. The molecule has 1 radical (unpaired) electrons. The van der Waals surface area contributed by atoms with Crippen molar-refractivity contribution in [3.05, 3.63) is 47.5 Å². The molecule has 61 valence electrons. The van der Waals surface area contributed by atoms with Crippen molar-refractivity contribution in [1.29, 1.82) is 0 Å². The minimum Gasteiger partial charge on any atom is -0.255 e. The average molecular weight is 187 g/mol. The summed E-state index contributed by atoms with van der Waals surface area (Å²) in [5.74, 6) is 2.33. The van der Waals surface area contributed by atoms with Crippen molar-refractivity contribution in [3.63, 3.8) is 0 Å². The monoisotopic (exact) mass is 186 g/mol. The molecule has 0 saturated heterocycles. The standard InChI is InChI=1S/C11H5ClN/c1-2-8-5-6-10(12)9-4-3-7-13-11(8)9/h3-7H. The second kappa shape index (κ2) is 3.08. The Kier molecular flexibility index (Phi) is 1.92. The molecule has 0 aliphatic heterocycles. The molecule has 0 fully saturated rings. The predicted molar refractivity (Wildman–Crippen MR) is 53.0 cm³/mol. The molecular formula is C11H5ClN. The van der Waals surface area contributed by atoms with Crippen molar-refractivity contribution in [2.45, 2.75) is 0 Å². The van der Waals surface area contributed by atoms with Gasteiger partial charge in [0.15, 0.2) is 0 Å². The van der Waals surface area contributed by atoms with Gasteiger partial charge in [-0.05, 0) is 30.7 Å². The largest absolute Gasteiger partial charge is 0.255 e. The third kappa shape index (κ3) is 1.26. The maximum atomic E-state index is 7.06. The third-order valence-corrected chi connectivity index (χ3v) is 2.18. The second-order valence-corrected chi connectivity index (χ2v) is 3.03. The molecule has 2 rings (SSSR count). The summed E-state index contributed by atoms with van der Waals surface area (Å²) in [6, 6.07) is 7.19. The fourth-order valence-electron chi connectivity index (χ4n) is 1.24. The molecular weight excluding hydrogens is 182 g/mol. The van der Waals surface area contributed by atoms with Gasteiger partial charge in [-0.25, -0.2) is 0 Å². The summed E-state index contributed by atoms with van der Waals surface area (Å²) in [7, 11) is 0. The van der Waals surface area contributed by atoms with Crippen molar-refractivity contribution in [2.24, 2.45) is 0 Å². The molecule has 13 heavy (non-hydrogen) atoms. The number of hydrogen-bond acceptors (Lipinski definition) is 1. The van der Waals surface area contributed by atoms with E-state index < -0.39 is 0 Å². The number of fused-ring (bicyclic) bond motifs is 1. The summed E-state index contributed by atoms with van der Waals surface area (Å²) in [5, 5.41) is 1.52. The zero-order valence-corrected chi connectivity index (χ0v) is 7.47. The van der Waals surface area contributed by atoms with Gasteiger partial charge >= 0.3 is 0 Å². The third-order valence-electron chi connectivity index (χ3n) is 1.85. The lowest BCUT2D eigenvalue weighted by atomic mass is 10.1. The van der Waals surface area contributed by atoms with Crippen LogP contribution in [0.1, 0.15) is 5.56 Å². The number of benzene rings is 1. The van der Waals surface area contributed by atoms with E-state index in [9.17, 15) is 0 Å². The van der Waals surface area contributed by atoms with Crippen molar-refractivity contribution >= 4 is 22.5 Å². The van der Waals surface area contributed by atoms with Crippen LogP contribution in [-0.2, 0) is 0 Å². The zero-order chi connectivity index (χ0) is 9.26. The number of pyridine rings is 1. The van der Waals surface area contributed by atoms with Crippen LogP contribution in [0.15, 0.2) is 30.5 Å². The lowest BCUT2D eigenvalue weighted by Gasteiger charge is -2.00. The van der Waals surface area contributed by atoms with Gasteiger partial charge in [-0.3, -0.25) is 4.98 Å². The molecule has 1 aromatic carbocycles. The number of aromatic nitrogens is 1. The van der Waals surface area contributed by atoms with Gasteiger partial charge in [0.2, 0.25) is 0 Å². The predicted octanol–water partition coefficient (Wildman–Crippen LogP) is 2.83. The summed E-state index contributed by atoms with van der Waals surface area (Å²) in [6.45, 7) is 0. The lowest BCUT2D eigenvalue weighted by molar-refractivity contribution is 1.40. The normalized spacial score (nSPS) is 9.85. The summed E-state index contributed by atoms with van der Waals surface area (Å²) >= 11 is 5.96. The summed E-state index contributed by atoms with van der Waals surface area (Å²) in [4.78, 5) is 4.15. The lowest BCUT2D eigenvalue weighted by Crippen LogP contribution is -1.83. The van der Waals surface area contributed by atoms with Crippen LogP contribution in [0.5, 0.6) is 0 Å². The smallest absolute Gasteiger partial charge is 0.0873 e. The average Bonchev–Trinajstić information content (AvgIpc) is 2.19. The molecule has 2 aromatic rings. The molecule has 1 aromatic heterocycles. The molecule has 0 aliphatic rings. The molecule has 0 atom stereocenters. The first-order valence-electron chi connectivity index (χ1n) is 3.79. The highest BCUT2D eigenvalue weighted by Crippen LogP contribution is 2.23. The van der Waals surface area contributed by atoms with Gasteiger partial charge in [0.05, 0.1) is 16.1 Å². The first kappa shape index (κ1) is 8.10. The van der Waals surface area contributed by atoms with Gasteiger partial charge in [0.1, 0.15) is 0 Å². The van der Waals surface area contributed by atoms with Gasteiger partial charge < -0.3 is 0 Å². The van der Waals surface area contributed by atoms with Crippen molar-refractivity contribution < 1.29 is 0 Å². The van der Waals surface area contributed by atoms with Crippen LogP contribution in [0, 0.1) is 12.3 Å². The van der Waals surface area contributed by atoms with Crippen LogP contribution >= 0.6 is 11.6 Å². The Labute approximate surface area is 81.4 Å². The van der Waals surface area contributed by atoms with E-state index in [0.29, 0.717) is 10.6 Å². The number of hydrogen-bond donors (Lipinski definition) is 0. The van der Waals surface area contributed by atoms with Gasteiger partial charge in [-0.15, -0.1) is 0 Å². The summed E-state index contributed by atoms with van der Waals surface area (Å²) in [5.41, 5.74) is 1.39. The van der Waals surface area contributed by atoms with Crippen LogP contribution in [0.3, 0.4) is 0 Å². The molecule has 1 heterocycles. The number of nitrogens with zero attached hydrogens (tertiary/aromatic N) is 1. The highest BCUT2D eigenvalue weighted by molar-refractivity contribution is 6.35. The molecule has 0 N–H and O–H groups in total. The summed E-state index contributed by atoms with van der Waals surface area (Å²) < 4.78 is 0. The van der Waals surface area contributed by atoms with Crippen molar-refractivity contribution in [2.75, 3.05) is 0 Å². The summed E-state index contributed by atoms with van der Waals surface area (Å²) in [6.07, 6.45) is 8.74. The van der Waals surface area contributed by atoms with E-state index in [1.54, 1.807) is 18.3 Å². The molecule has 0 saturated carbocycles. The molecule has 0 spiro atoms. The molecule has 2 heteroatoms. The van der Waals surface area contributed by atoms with Gasteiger partial charge in [-0.2, -0.15) is 0 Å². The van der Waals surface area contributed by atoms with Crippen molar-refractivity contribution in [3.8, 4) is 5.92 Å². The quantitative estimate of drug-likeness (QED) is 0.577. The van der Waals surface area contributed by atoms with Gasteiger partial charge in [0.25, 0.3) is 0 Å². The number of halogens is 1. The van der Waals surface area contributed by atoms with Crippen molar-refractivity contribution in [1.82, 2.24) is 4.98 Å². The number of rotatable bonds is 0. The Morgan fingerprint density at radius 3 is 2.92 bits per heavy atom. The molecule has 1 nitrogen and oxygen atoms in total. The van der Waals surface area contributed by atoms with E-state index in [4.69, 9.17) is 18.0 Å². The molecule has 0 amide bonds. The Bertz CT molecular complexity index is 497. The van der Waals surface area contributed by atoms with Gasteiger partial charge in [0, 0.05) is 11.6 Å². The fraction of sp³-hybridized carbons (Fsp3) is 0. The van der Waals surface area contributed by atoms with E-state index in [1.807, 2.05) is 12.1 Å². The minimum atomic E-state index is 0.655. The molecule has 0 aliphatic carbocycles. The maximum absolute atomic E-state index is 7.06. The Hall–Kier alpha value is -1.52. The maximum Gasteiger partial charge on any atom is 0.0873 e.